The minimum absolute atomic E-state index is 0.117. The number of anilines is 2. The summed E-state index contributed by atoms with van der Waals surface area (Å²) in [6.45, 7) is 7.15. The number of rotatable bonds is 5. The van der Waals surface area contributed by atoms with Crippen molar-refractivity contribution in [1.29, 1.82) is 0 Å². The van der Waals surface area contributed by atoms with Gasteiger partial charge in [-0.05, 0) is 31.0 Å². The monoisotopic (exact) mass is 357 g/mol. The van der Waals surface area contributed by atoms with Crippen LogP contribution in [0.15, 0.2) is 30.3 Å². The standard InChI is InChI=1S/C19H24FN5O/c1-14-22-18(21-8-7-16-3-5-17(20)6-4-16)13-19(23-14)25-11-9-24(10-12-25)15(2)26/h3-6,13H,7-12H2,1-2H3,(H,21,22,23). The van der Waals surface area contributed by atoms with Crippen molar-refractivity contribution in [2.75, 3.05) is 42.9 Å². The summed E-state index contributed by atoms with van der Waals surface area (Å²) < 4.78 is 12.9. The van der Waals surface area contributed by atoms with Gasteiger partial charge in [-0.25, -0.2) is 14.4 Å². The average Bonchev–Trinajstić information content (AvgIpc) is 2.63. The first-order valence-corrected chi connectivity index (χ1v) is 8.86. The van der Waals surface area contributed by atoms with Crippen molar-refractivity contribution >= 4 is 17.5 Å². The summed E-state index contributed by atoms with van der Waals surface area (Å²) in [6, 6.07) is 8.48. The maximum Gasteiger partial charge on any atom is 0.219 e. The van der Waals surface area contributed by atoms with Gasteiger partial charge in [0.2, 0.25) is 5.91 Å². The zero-order chi connectivity index (χ0) is 18.5. The van der Waals surface area contributed by atoms with E-state index in [1.54, 1.807) is 19.1 Å². The number of carbonyl (C=O) groups is 1. The van der Waals surface area contributed by atoms with Crippen LogP contribution in [0.5, 0.6) is 0 Å². The van der Waals surface area contributed by atoms with Crippen molar-refractivity contribution in [3.63, 3.8) is 0 Å². The van der Waals surface area contributed by atoms with Gasteiger partial charge in [-0.15, -0.1) is 0 Å². The lowest BCUT2D eigenvalue weighted by atomic mass is 10.1. The van der Waals surface area contributed by atoms with E-state index in [0.717, 1.165) is 36.7 Å². The first-order chi connectivity index (χ1) is 12.5. The molecule has 3 rings (SSSR count). The zero-order valence-corrected chi connectivity index (χ0v) is 15.2. The molecule has 1 aliphatic heterocycles. The van der Waals surface area contributed by atoms with Gasteiger partial charge in [0.15, 0.2) is 0 Å². The van der Waals surface area contributed by atoms with E-state index in [0.29, 0.717) is 25.5 Å². The van der Waals surface area contributed by atoms with Gasteiger partial charge in [0.05, 0.1) is 0 Å². The lowest BCUT2D eigenvalue weighted by Crippen LogP contribution is -2.48. The fraction of sp³-hybridized carbons (Fsp3) is 0.421. The Morgan fingerprint density at radius 1 is 1.15 bits per heavy atom. The Labute approximate surface area is 153 Å². The third-order valence-electron chi connectivity index (χ3n) is 4.51. The molecule has 1 aromatic carbocycles. The van der Waals surface area contributed by atoms with E-state index in [1.165, 1.54) is 12.1 Å². The van der Waals surface area contributed by atoms with E-state index in [4.69, 9.17) is 0 Å². The van der Waals surface area contributed by atoms with Gasteiger partial charge in [-0.3, -0.25) is 4.79 Å². The van der Waals surface area contributed by atoms with E-state index in [-0.39, 0.29) is 11.7 Å². The van der Waals surface area contributed by atoms with E-state index < -0.39 is 0 Å². The molecular formula is C19H24FN5O. The molecule has 6 nitrogen and oxygen atoms in total. The maximum atomic E-state index is 12.9. The fourth-order valence-electron chi connectivity index (χ4n) is 3.04. The highest BCUT2D eigenvalue weighted by molar-refractivity contribution is 5.73. The normalized spacial score (nSPS) is 14.4. The van der Waals surface area contributed by atoms with Gasteiger partial charge in [0.1, 0.15) is 23.3 Å². The number of aryl methyl sites for hydroxylation is 1. The van der Waals surface area contributed by atoms with Crippen LogP contribution in [0, 0.1) is 12.7 Å². The van der Waals surface area contributed by atoms with Crippen LogP contribution in [0.1, 0.15) is 18.3 Å². The van der Waals surface area contributed by atoms with Gasteiger partial charge in [0.25, 0.3) is 0 Å². The van der Waals surface area contributed by atoms with Crippen LogP contribution in [0.2, 0.25) is 0 Å². The topological polar surface area (TPSA) is 61.4 Å². The first-order valence-electron chi connectivity index (χ1n) is 8.86. The lowest BCUT2D eigenvalue weighted by molar-refractivity contribution is -0.129. The second kappa shape index (κ2) is 8.12. The Balaban J connectivity index is 1.59. The minimum atomic E-state index is -0.220. The molecular weight excluding hydrogens is 333 g/mol. The molecule has 7 heteroatoms. The Kier molecular flexibility index (Phi) is 5.65. The van der Waals surface area contributed by atoms with Crippen LogP contribution in [-0.2, 0) is 11.2 Å². The van der Waals surface area contributed by atoms with Crippen LogP contribution in [0.3, 0.4) is 0 Å². The van der Waals surface area contributed by atoms with Crippen LogP contribution >= 0.6 is 0 Å². The minimum Gasteiger partial charge on any atom is -0.370 e. The van der Waals surface area contributed by atoms with Crippen molar-refractivity contribution in [3.05, 3.63) is 47.5 Å². The smallest absolute Gasteiger partial charge is 0.219 e. The number of halogens is 1. The highest BCUT2D eigenvalue weighted by Gasteiger charge is 2.20. The van der Waals surface area contributed by atoms with E-state index >= 15 is 0 Å². The number of amides is 1. The highest BCUT2D eigenvalue weighted by atomic mass is 19.1. The summed E-state index contributed by atoms with van der Waals surface area (Å²) >= 11 is 0. The number of hydrogen-bond donors (Lipinski definition) is 1. The SMILES string of the molecule is CC(=O)N1CCN(c2cc(NCCc3ccc(F)cc3)nc(C)n2)CC1. The van der Waals surface area contributed by atoms with E-state index in [1.807, 2.05) is 17.9 Å². The summed E-state index contributed by atoms with van der Waals surface area (Å²) in [5.74, 6) is 2.27. The molecule has 1 aromatic heterocycles. The Morgan fingerprint density at radius 3 is 2.50 bits per heavy atom. The molecule has 1 amide bonds. The van der Waals surface area contributed by atoms with Gasteiger partial charge in [-0.1, -0.05) is 12.1 Å². The Morgan fingerprint density at radius 2 is 1.85 bits per heavy atom. The largest absolute Gasteiger partial charge is 0.370 e. The molecule has 0 atom stereocenters. The predicted octanol–water partition coefficient (Wildman–Crippen LogP) is 2.25. The molecule has 1 aliphatic rings. The summed E-state index contributed by atoms with van der Waals surface area (Å²) in [6.07, 6.45) is 0.788. The van der Waals surface area contributed by atoms with E-state index in [9.17, 15) is 9.18 Å². The molecule has 0 unspecified atom stereocenters. The van der Waals surface area contributed by atoms with E-state index in [2.05, 4.69) is 20.2 Å². The number of piperazine rings is 1. The molecule has 0 saturated carbocycles. The molecule has 2 aromatic rings. The van der Waals surface area contributed by atoms with Gasteiger partial charge in [0, 0.05) is 45.7 Å². The molecule has 1 fully saturated rings. The van der Waals surface area contributed by atoms with Crippen molar-refractivity contribution in [2.24, 2.45) is 0 Å². The van der Waals surface area contributed by atoms with Crippen LogP contribution < -0.4 is 10.2 Å². The number of benzene rings is 1. The molecule has 1 saturated heterocycles. The van der Waals surface area contributed by atoms with Crippen molar-refractivity contribution in [3.8, 4) is 0 Å². The maximum absolute atomic E-state index is 12.9. The molecule has 26 heavy (non-hydrogen) atoms. The molecule has 2 heterocycles. The predicted molar refractivity (Wildman–Crippen MR) is 99.8 cm³/mol. The number of aromatic nitrogens is 2. The van der Waals surface area contributed by atoms with Crippen molar-refractivity contribution < 1.29 is 9.18 Å². The second-order valence-electron chi connectivity index (χ2n) is 6.45. The zero-order valence-electron chi connectivity index (χ0n) is 15.2. The van der Waals surface area contributed by atoms with Gasteiger partial charge >= 0.3 is 0 Å². The van der Waals surface area contributed by atoms with Gasteiger partial charge in [-0.2, -0.15) is 0 Å². The molecule has 0 radical (unpaired) electrons. The third-order valence-corrected chi connectivity index (χ3v) is 4.51. The third kappa shape index (κ3) is 4.68. The molecule has 0 bridgehead atoms. The lowest BCUT2D eigenvalue weighted by Gasteiger charge is -2.35. The highest BCUT2D eigenvalue weighted by Crippen LogP contribution is 2.18. The second-order valence-corrected chi connectivity index (χ2v) is 6.45. The number of carbonyl (C=O) groups excluding carboxylic acids is 1. The quantitative estimate of drug-likeness (QED) is 0.889. The Bertz CT molecular complexity index is 757. The number of nitrogens with one attached hydrogen (secondary N) is 1. The molecule has 138 valence electrons. The van der Waals surface area contributed by atoms with Crippen LogP contribution in [0.25, 0.3) is 0 Å². The van der Waals surface area contributed by atoms with Crippen LogP contribution in [0.4, 0.5) is 16.0 Å². The average molecular weight is 357 g/mol. The number of nitrogens with zero attached hydrogens (tertiary/aromatic N) is 4. The Hall–Kier alpha value is -2.70. The number of hydrogen-bond acceptors (Lipinski definition) is 5. The van der Waals surface area contributed by atoms with Crippen LogP contribution in [-0.4, -0.2) is 53.5 Å². The van der Waals surface area contributed by atoms with Gasteiger partial charge < -0.3 is 15.1 Å². The van der Waals surface area contributed by atoms with Crippen molar-refractivity contribution in [1.82, 2.24) is 14.9 Å². The summed E-state index contributed by atoms with van der Waals surface area (Å²) in [5, 5.41) is 3.32. The fourth-order valence-corrected chi connectivity index (χ4v) is 3.04. The molecule has 1 N–H and O–H groups in total. The first kappa shape index (κ1) is 18.1. The van der Waals surface area contributed by atoms with Crippen molar-refractivity contribution in [2.45, 2.75) is 20.3 Å². The summed E-state index contributed by atoms with van der Waals surface area (Å²) in [4.78, 5) is 24.5. The summed E-state index contributed by atoms with van der Waals surface area (Å²) in [7, 11) is 0. The summed E-state index contributed by atoms with van der Waals surface area (Å²) in [5.41, 5.74) is 1.07. The molecule has 0 spiro atoms. The molecule has 0 aliphatic carbocycles.